The highest BCUT2D eigenvalue weighted by molar-refractivity contribution is 9.10. The monoisotopic (exact) mass is 322 g/mol. The largest absolute Gasteiger partial charge is 0.398 e. The maximum absolute atomic E-state index is 13.5. The Morgan fingerprint density at radius 1 is 1.26 bits per heavy atom. The van der Waals surface area contributed by atoms with Gasteiger partial charge in [-0.15, -0.1) is 0 Å². The highest BCUT2D eigenvalue weighted by Gasteiger charge is 2.11. The van der Waals surface area contributed by atoms with Crippen molar-refractivity contribution in [2.75, 3.05) is 11.1 Å². The van der Waals surface area contributed by atoms with E-state index in [9.17, 15) is 9.18 Å². The predicted octanol–water partition coefficient (Wildman–Crippen LogP) is 3.73. The Morgan fingerprint density at radius 2 is 1.89 bits per heavy atom. The van der Waals surface area contributed by atoms with E-state index in [1.807, 2.05) is 0 Å². The fourth-order valence-electron chi connectivity index (χ4n) is 1.57. The van der Waals surface area contributed by atoms with Gasteiger partial charge in [-0.05, 0) is 43.3 Å². The molecule has 0 saturated heterocycles. The lowest BCUT2D eigenvalue weighted by atomic mass is 10.1. The number of halogens is 2. The molecule has 0 heterocycles. The van der Waals surface area contributed by atoms with E-state index < -0.39 is 11.7 Å². The lowest BCUT2D eigenvalue weighted by Gasteiger charge is -2.08. The van der Waals surface area contributed by atoms with Crippen LogP contribution in [0.4, 0.5) is 15.8 Å². The lowest BCUT2D eigenvalue weighted by molar-refractivity contribution is 0.102. The number of hydrogen-bond donors (Lipinski definition) is 2. The van der Waals surface area contributed by atoms with Gasteiger partial charge in [-0.3, -0.25) is 4.79 Å². The average Bonchev–Trinajstić information content (AvgIpc) is 2.38. The minimum Gasteiger partial charge on any atom is -0.398 e. The molecule has 0 radical (unpaired) electrons. The van der Waals surface area contributed by atoms with Crippen LogP contribution in [0.5, 0.6) is 0 Å². The standard InChI is InChI=1S/C14H12BrFN2O/c1-8-12(16)6-9(7-13(8)17)14(19)18-11-4-2-10(15)3-5-11/h2-7H,17H2,1H3,(H,18,19). The Labute approximate surface area is 118 Å². The van der Waals surface area contributed by atoms with Gasteiger partial charge in [0.15, 0.2) is 0 Å². The van der Waals surface area contributed by atoms with Crippen LogP contribution < -0.4 is 11.1 Å². The van der Waals surface area contributed by atoms with Gasteiger partial charge in [-0.2, -0.15) is 0 Å². The van der Waals surface area contributed by atoms with Crippen LogP contribution in [0.2, 0.25) is 0 Å². The third-order valence-corrected chi connectivity index (χ3v) is 3.28. The van der Waals surface area contributed by atoms with Crippen molar-refractivity contribution >= 4 is 33.2 Å². The van der Waals surface area contributed by atoms with Gasteiger partial charge in [0.25, 0.3) is 5.91 Å². The highest BCUT2D eigenvalue weighted by atomic mass is 79.9. The van der Waals surface area contributed by atoms with Crippen molar-refractivity contribution in [2.24, 2.45) is 0 Å². The molecule has 0 spiro atoms. The highest BCUT2D eigenvalue weighted by Crippen LogP contribution is 2.19. The number of carbonyl (C=O) groups excluding carboxylic acids is 1. The van der Waals surface area contributed by atoms with Crippen LogP contribution in [-0.4, -0.2) is 5.91 Å². The van der Waals surface area contributed by atoms with Crippen molar-refractivity contribution in [3.63, 3.8) is 0 Å². The molecule has 0 saturated carbocycles. The number of anilines is 2. The van der Waals surface area contributed by atoms with E-state index in [1.165, 1.54) is 12.1 Å². The van der Waals surface area contributed by atoms with Gasteiger partial charge in [-0.25, -0.2) is 4.39 Å². The molecular weight excluding hydrogens is 311 g/mol. The number of rotatable bonds is 2. The number of nitrogens with one attached hydrogen (secondary N) is 1. The number of hydrogen-bond acceptors (Lipinski definition) is 2. The predicted molar refractivity (Wildman–Crippen MR) is 77.6 cm³/mol. The minimum atomic E-state index is -0.485. The summed E-state index contributed by atoms with van der Waals surface area (Å²) in [5, 5.41) is 2.68. The number of amides is 1. The first-order valence-electron chi connectivity index (χ1n) is 5.60. The first-order chi connectivity index (χ1) is 8.97. The molecule has 0 aliphatic carbocycles. The molecule has 2 aromatic rings. The Kier molecular flexibility index (Phi) is 3.85. The van der Waals surface area contributed by atoms with Gasteiger partial charge in [0.05, 0.1) is 0 Å². The quantitative estimate of drug-likeness (QED) is 0.828. The summed E-state index contributed by atoms with van der Waals surface area (Å²) in [7, 11) is 0. The topological polar surface area (TPSA) is 55.1 Å². The fourth-order valence-corrected chi connectivity index (χ4v) is 1.83. The second kappa shape index (κ2) is 5.40. The number of nitrogens with two attached hydrogens (primary N) is 1. The van der Waals surface area contributed by atoms with Crippen molar-refractivity contribution in [1.82, 2.24) is 0 Å². The van der Waals surface area contributed by atoms with E-state index >= 15 is 0 Å². The van der Waals surface area contributed by atoms with Gasteiger partial charge < -0.3 is 11.1 Å². The first-order valence-corrected chi connectivity index (χ1v) is 6.39. The second-order valence-electron chi connectivity index (χ2n) is 4.13. The molecule has 0 aromatic heterocycles. The molecule has 0 atom stereocenters. The van der Waals surface area contributed by atoms with Gasteiger partial charge in [0.2, 0.25) is 0 Å². The molecule has 3 nitrogen and oxygen atoms in total. The molecule has 19 heavy (non-hydrogen) atoms. The molecule has 2 aromatic carbocycles. The smallest absolute Gasteiger partial charge is 0.255 e. The van der Waals surface area contributed by atoms with Crippen molar-refractivity contribution in [3.8, 4) is 0 Å². The molecule has 0 bridgehead atoms. The van der Waals surface area contributed by atoms with Crippen LogP contribution >= 0.6 is 15.9 Å². The second-order valence-corrected chi connectivity index (χ2v) is 5.05. The van der Waals surface area contributed by atoms with E-state index in [1.54, 1.807) is 31.2 Å². The van der Waals surface area contributed by atoms with Gasteiger partial charge in [-0.1, -0.05) is 15.9 Å². The Balaban J connectivity index is 2.23. The Morgan fingerprint density at radius 3 is 2.47 bits per heavy atom. The third kappa shape index (κ3) is 3.12. The molecule has 0 unspecified atom stereocenters. The summed E-state index contributed by atoms with van der Waals surface area (Å²) in [4.78, 5) is 12.0. The summed E-state index contributed by atoms with van der Waals surface area (Å²) in [6, 6.07) is 9.75. The fraction of sp³-hybridized carbons (Fsp3) is 0.0714. The van der Waals surface area contributed by atoms with Crippen LogP contribution in [0.3, 0.4) is 0 Å². The van der Waals surface area contributed by atoms with Gasteiger partial charge >= 0.3 is 0 Å². The molecular formula is C14H12BrFN2O. The van der Waals surface area contributed by atoms with Crippen molar-refractivity contribution in [3.05, 3.63) is 57.8 Å². The van der Waals surface area contributed by atoms with Crippen molar-refractivity contribution < 1.29 is 9.18 Å². The molecule has 2 rings (SSSR count). The van der Waals surface area contributed by atoms with Crippen LogP contribution in [0.25, 0.3) is 0 Å². The summed E-state index contributed by atoms with van der Waals surface area (Å²) >= 11 is 3.30. The molecule has 0 aliphatic rings. The first kappa shape index (κ1) is 13.5. The summed E-state index contributed by atoms with van der Waals surface area (Å²) in [6.45, 7) is 1.57. The maximum Gasteiger partial charge on any atom is 0.255 e. The van der Waals surface area contributed by atoms with E-state index in [2.05, 4.69) is 21.2 Å². The molecule has 0 fully saturated rings. The van der Waals surface area contributed by atoms with Crippen LogP contribution in [0, 0.1) is 12.7 Å². The van der Waals surface area contributed by atoms with E-state index in [0.717, 1.165) is 4.47 Å². The Bertz CT molecular complexity index is 603. The SMILES string of the molecule is Cc1c(N)cc(C(=O)Nc2ccc(Br)cc2)cc1F. The van der Waals surface area contributed by atoms with E-state index in [-0.39, 0.29) is 11.3 Å². The number of benzene rings is 2. The molecule has 98 valence electrons. The molecule has 0 aliphatic heterocycles. The van der Waals surface area contributed by atoms with Crippen molar-refractivity contribution in [1.29, 1.82) is 0 Å². The van der Waals surface area contributed by atoms with Gasteiger partial charge in [0.1, 0.15) is 5.82 Å². The number of carbonyl (C=O) groups is 1. The van der Waals surface area contributed by atoms with E-state index in [0.29, 0.717) is 11.3 Å². The van der Waals surface area contributed by atoms with Crippen LogP contribution in [-0.2, 0) is 0 Å². The summed E-state index contributed by atoms with van der Waals surface area (Å²) in [5.41, 5.74) is 7.09. The third-order valence-electron chi connectivity index (χ3n) is 2.75. The zero-order chi connectivity index (χ0) is 14.0. The summed E-state index contributed by atoms with van der Waals surface area (Å²) < 4.78 is 14.4. The van der Waals surface area contributed by atoms with Crippen molar-refractivity contribution in [2.45, 2.75) is 6.92 Å². The normalized spacial score (nSPS) is 10.3. The summed E-state index contributed by atoms with van der Waals surface area (Å²) in [6.07, 6.45) is 0. The zero-order valence-electron chi connectivity index (χ0n) is 10.2. The number of nitrogen functional groups attached to an aromatic ring is 1. The molecule has 5 heteroatoms. The maximum atomic E-state index is 13.5. The lowest BCUT2D eigenvalue weighted by Crippen LogP contribution is -2.13. The van der Waals surface area contributed by atoms with Crippen LogP contribution in [0.1, 0.15) is 15.9 Å². The van der Waals surface area contributed by atoms with Crippen LogP contribution in [0.15, 0.2) is 40.9 Å². The zero-order valence-corrected chi connectivity index (χ0v) is 11.8. The van der Waals surface area contributed by atoms with E-state index in [4.69, 9.17) is 5.73 Å². The minimum absolute atomic E-state index is 0.198. The Hall–Kier alpha value is -1.88. The molecule has 3 N–H and O–H groups in total. The van der Waals surface area contributed by atoms with Gasteiger partial charge in [0, 0.05) is 27.0 Å². The average molecular weight is 323 g/mol. The molecule has 1 amide bonds. The summed E-state index contributed by atoms with van der Waals surface area (Å²) in [5.74, 6) is -0.881.